The Labute approximate surface area is 154 Å². The summed E-state index contributed by atoms with van der Waals surface area (Å²) in [6, 6.07) is 9.74. The zero-order valence-corrected chi connectivity index (χ0v) is 15.6. The van der Waals surface area contributed by atoms with Crippen LogP contribution in [0.4, 0.5) is 0 Å². The van der Waals surface area contributed by atoms with Crippen LogP contribution in [0.2, 0.25) is 0 Å². The Morgan fingerprint density at radius 2 is 1.92 bits per heavy atom. The molecular formula is C21H27N3O2. The van der Waals surface area contributed by atoms with Crippen LogP contribution in [0.1, 0.15) is 43.6 Å². The van der Waals surface area contributed by atoms with Crippen LogP contribution < -0.4 is 5.32 Å². The third-order valence-electron chi connectivity index (χ3n) is 5.83. The Bertz CT molecular complexity index is 756. The number of carbonyl (C=O) groups excluding carboxylic acids is 1. The number of benzene rings is 1. The van der Waals surface area contributed by atoms with E-state index in [0.717, 1.165) is 24.2 Å². The molecule has 5 nitrogen and oxygen atoms in total. The third-order valence-corrected chi connectivity index (χ3v) is 5.83. The van der Waals surface area contributed by atoms with Crippen LogP contribution in [0, 0.1) is 6.92 Å². The standard InChI is InChI=1S/C21H27N3O2/c1-14-3-5-15(6-4-14)19-13-22-20(26-19)9-10-21(25)24(2)18-11-16-7-8-17(12-18)23-16/h3-6,13,16-18,23H,7-12H2,1-2H3. The normalized spacial score (nSPS) is 24.6. The van der Waals surface area contributed by atoms with Crippen molar-refractivity contribution in [2.45, 2.75) is 63.6 Å². The molecule has 0 spiro atoms. The van der Waals surface area contributed by atoms with Gasteiger partial charge in [0.05, 0.1) is 6.20 Å². The summed E-state index contributed by atoms with van der Waals surface area (Å²) >= 11 is 0. The van der Waals surface area contributed by atoms with E-state index in [4.69, 9.17) is 4.42 Å². The Morgan fingerprint density at radius 1 is 1.23 bits per heavy atom. The fraction of sp³-hybridized carbons (Fsp3) is 0.524. The van der Waals surface area contributed by atoms with Crippen molar-refractivity contribution >= 4 is 5.91 Å². The number of amides is 1. The summed E-state index contributed by atoms with van der Waals surface area (Å²) in [7, 11) is 1.95. The smallest absolute Gasteiger partial charge is 0.223 e. The summed E-state index contributed by atoms with van der Waals surface area (Å²) in [5.41, 5.74) is 2.23. The number of aromatic nitrogens is 1. The summed E-state index contributed by atoms with van der Waals surface area (Å²) in [5.74, 6) is 1.58. The van der Waals surface area contributed by atoms with Gasteiger partial charge >= 0.3 is 0 Å². The maximum Gasteiger partial charge on any atom is 0.223 e. The zero-order valence-electron chi connectivity index (χ0n) is 15.6. The van der Waals surface area contributed by atoms with Crippen LogP contribution in [-0.2, 0) is 11.2 Å². The van der Waals surface area contributed by atoms with Crippen molar-refractivity contribution in [1.29, 1.82) is 0 Å². The predicted octanol–water partition coefficient (Wildman–Crippen LogP) is 3.32. The van der Waals surface area contributed by atoms with Crippen molar-refractivity contribution in [2.75, 3.05) is 7.05 Å². The number of carbonyl (C=O) groups is 1. The molecule has 5 heteroatoms. The van der Waals surface area contributed by atoms with Crippen molar-refractivity contribution in [3.05, 3.63) is 41.9 Å². The molecule has 4 rings (SSSR count). The quantitative estimate of drug-likeness (QED) is 0.896. The summed E-state index contributed by atoms with van der Waals surface area (Å²) in [4.78, 5) is 18.9. The average Bonchev–Trinajstić information content (AvgIpc) is 3.26. The van der Waals surface area contributed by atoms with Gasteiger partial charge in [-0.25, -0.2) is 4.98 Å². The first-order valence-electron chi connectivity index (χ1n) is 9.62. The van der Waals surface area contributed by atoms with E-state index in [2.05, 4.69) is 29.4 Å². The number of aryl methyl sites for hydroxylation is 2. The average molecular weight is 353 g/mol. The van der Waals surface area contributed by atoms with Crippen molar-refractivity contribution in [3.8, 4) is 11.3 Å². The number of piperidine rings is 1. The highest BCUT2D eigenvalue weighted by Gasteiger charge is 2.36. The molecule has 1 N–H and O–H groups in total. The van der Waals surface area contributed by atoms with Gasteiger partial charge in [0, 0.05) is 43.6 Å². The van der Waals surface area contributed by atoms with Gasteiger partial charge in [0.25, 0.3) is 0 Å². The van der Waals surface area contributed by atoms with Gasteiger partial charge in [0.2, 0.25) is 5.91 Å². The van der Waals surface area contributed by atoms with Gasteiger partial charge in [-0.3, -0.25) is 4.79 Å². The lowest BCUT2D eigenvalue weighted by atomic mass is 9.98. The van der Waals surface area contributed by atoms with E-state index < -0.39 is 0 Å². The number of fused-ring (bicyclic) bond motifs is 2. The van der Waals surface area contributed by atoms with E-state index in [1.807, 2.05) is 24.1 Å². The van der Waals surface area contributed by atoms with E-state index in [-0.39, 0.29) is 5.91 Å². The molecular weight excluding hydrogens is 326 g/mol. The third kappa shape index (κ3) is 3.68. The first-order chi connectivity index (χ1) is 12.6. The minimum absolute atomic E-state index is 0.186. The van der Waals surface area contributed by atoms with Gasteiger partial charge in [-0.15, -0.1) is 0 Å². The van der Waals surface area contributed by atoms with E-state index in [9.17, 15) is 4.79 Å². The number of nitrogens with one attached hydrogen (secondary N) is 1. The van der Waals surface area contributed by atoms with E-state index in [1.54, 1.807) is 6.20 Å². The molecule has 0 radical (unpaired) electrons. The topological polar surface area (TPSA) is 58.4 Å². The minimum Gasteiger partial charge on any atom is -0.441 e. The summed E-state index contributed by atoms with van der Waals surface area (Å²) in [6.07, 6.45) is 7.41. The highest BCUT2D eigenvalue weighted by atomic mass is 16.4. The largest absolute Gasteiger partial charge is 0.441 e. The van der Waals surface area contributed by atoms with Crippen LogP contribution in [0.25, 0.3) is 11.3 Å². The first-order valence-corrected chi connectivity index (χ1v) is 9.62. The Hall–Kier alpha value is -2.14. The second kappa shape index (κ2) is 7.23. The van der Waals surface area contributed by atoms with E-state index >= 15 is 0 Å². The van der Waals surface area contributed by atoms with Gasteiger partial charge in [-0.2, -0.15) is 0 Å². The van der Waals surface area contributed by atoms with Gasteiger partial charge in [0.15, 0.2) is 11.7 Å². The van der Waals surface area contributed by atoms with Crippen LogP contribution in [-0.4, -0.2) is 41.0 Å². The van der Waals surface area contributed by atoms with Crippen molar-refractivity contribution < 1.29 is 9.21 Å². The van der Waals surface area contributed by atoms with E-state index in [1.165, 1.54) is 18.4 Å². The summed E-state index contributed by atoms with van der Waals surface area (Å²) < 4.78 is 5.84. The van der Waals surface area contributed by atoms with Crippen LogP contribution in [0.3, 0.4) is 0 Å². The van der Waals surface area contributed by atoms with Crippen LogP contribution in [0.15, 0.2) is 34.9 Å². The SMILES string of the molecule is Cc1ccc(-c2cnc(CCC(=O)N(C)C3CC4CCC(C3)N4)o2)cc1. The molecule has 2 aliphatic heterocycles. The molecule has 2 aromatic rings. The Morgan fingerprint density at radius 3 is 2.62 bits per heavy atom. The second-order valence-electron chi connectivity index (χ2n) is 7.75. The Kier molecular flexibility index (Phi) is 4.81. The number of rotatable bonds is 5. The lowest BCUT2D eigenvalue weighted by Crippen LogP contribution is -2.48. The number of oxazole rings is 1. The van der Waals surface area contributed by atoms with Crippen LogP contribution in [0.5, 0.6) is 0 Å². The fourth-order valence-corrected chi connectivity index (χ4v) is 4.21. The molecule has 2 fully saturated rings. The van der Waals surface area contributed by atoms with Crippen molar-refractivity contribution in [1.82, 2.24) is 15.2 Å². The van der Waals surface area contributed by atoms with Gasteiger partial charge < -0.3 is 14.6 Å². The molecule has 26 heavy (non-hydrogen) atoms. The number of nitrogens with zero attached hydrogens (tertiary/aromatic N) is 2. The maximum absolute atomic E-state index is 12.6. The molecule has 2 saturated heterocycles. The molecule has 2 aliphatic rings. The lowest BCUT2D eigenvalue weighted by Gasteiger charge is -2.35. The molecule has 1 amide bonds. The molecule has 2 unspecified atom stereocenters. The lowest BCUT2D eigenvalue weighted by molar-refractivity contribution is -0.132. The monoisotopic (exact) mass is 353 g/mol. The highest BCUT2D eigenvalue weighted by Crippen LogP contribution is 2.29. The molecule has 1 aromatic carbocycles. The molecule has 0 aliphatic carbocycles. The molecule has 0 saturated carbocycles. The van der Waals surface area contributed by atoms with Crippen molar-refractivity contribution in [3.63, 3.8) is 0 Å². The molecule has 2 atom stereocenters. The molecule has 2 bridgehead atoms. The van der Waals surface area contributed by atoms with Crippen LogP contribution >= 0.6 is 0 Å². The Balaban J connectivity index is 1.32. The molecule has 138 valence electrons. The minimum atomic E-state index is 0.186. The first kappa shape index (κ1) is 17.3. The predicted molar refractivity (Wildman–Crippen MR) is 101 cm³/mol. The second-order valence-corrected chi connectivity index (χ2v) is 7.75. The van der Waals surface area contributed by atoms with Gasteiger partial charge in [-0.05, 0) is 32.6 Å². The summed E-state index contributed by atoms with van der Waals surface area (Å²) in [6.45, 7) is 2.06. The summed E-state index contributed by atoms with van der Waals surface area (Å²) in [5, 5.41) is 3.63. The number of hydrogen-bond donors (Lipinski definition) is 1. The van der Waals surface area contributed by atoms with E-state index in [0.29, 0.717) is 36.9 Å². The number of hydrogen-bond acceptors (Lipinski definition) is 4. The zero-order chi connectivity index (χ0) is 18.1. The van der Waals surface area contributed by atoms with Gasteiger partial charge in [0.1, 0.15) is 0 Å². The molecule has 1 aromatic heterocycles. The maximum atomic E-state index is 12.6. The fourth-order valence-electron chi connectivity index (χ4n) is 4.21. The van der Waals surface area contributed by atoms with Crippen molar-refractivity contribution in [2.24, 2.45) is 0 Å². The highest BCUT2D eigenvalue weighted by molar-refractivity contribution is 5.76. The van der Waals surface area contributed by atoms with Gasteiger partial charge in [-0.1, -0.05) is 29.8 Å². The molecule has 3 heterocycles.